The molecule has 0 heterocycles. The normalized spacial score (nSPS) is 11.8. The van der Waals surface area contributed by atoms with Crippen molar-refractivity contribution in [3.63, 3.8) is 0 Å². The molecule has 2 aromatic carbocycles. The minimum Gasteiger partial charge on any atom is -0.495 e. The van der Waals surface area contributed by atoms with Gasteiger partial charge in [-0.25, -0.2) is 0 Å². The molecule has 0 radical (unpaired) electrons. The van der Waals surface area contributed by atoms with Gasteiger partial charge in [-0.05, 0) is 43.1 Å². The van der Waals surface area contributed by atoms with Crippen molar-refractivity contribution in [2.75, 3.05) is 19.0 Å². The fraction of sp³-hybridized carbons (Fsp3) is 0.350. The summed E-state index contributed by atoms with van der Waals surface area (Å²) < 4.78 is 5.24. The summed E-state index contributed by atoms with van der Waals surface area (Å²) in [5.74, 6) is 0.611. The highest BCUT2D eigenvalue weighted by atomic mass is 16.5. The molecule has 1 unspecified atom stereocenters. The Morgan fingerprint density at radius 1 is 1.12 bits per heavy atom. The van der Waals surface area contributed by atoms with Crippen LogP contribution in [-0.4, -0.2) is 30.7 Å². The number of ether oxygens (including phenoxy) is 1. The van der Waals surface area contributed by atoms with Crippen LogP contribution < -0.4 is 15.4 Å². The Balaban J connectivity index is 1.73. The molecule has 1 amide bonds. The highest BCUT2D eigenvalue weighted by Crippen LogP contribution is 2.23. The van der Waals surface area contributed by atoms with Gasteiger partial charge in [0.15, 0.2) is 0 Å². The van der Waals surface area contributed by atoms with Gasteiger partial charge in [-0.1, -0.05) is 36.4 Å². The van der Waals surface area contributed by atoms with Crippen LogP contribution >= 0.6 is 0 Å². The Morgan fingerprint density at radius 3 is 2.48 bits per heavy atom. The second kappa shape index (κ2) is 9.81. The van der Waals surface area contributed by atoms with Crippen LogP contribution in [0, 0.1) is 0 Å². The summed E-state index contributed by atoms with van der Waals surface area (Å²) in [7, 11) is 1.59. The summed E-state index contributed by atoms with van der Waals surface area (Å²) in [6, 6.07) is 15.3. The van der Waals surface area contributed by atoms with Gasteiger partial charge in [0.1, 0.15) is 5.75 Å². The van der Waals surface area contributed by atoms with Crippen LogP contribution in [0.2, 0.25) is 0 Å². The molecule has 3 N–H and O–H groups in total. The maximum Gasteiger partial charge on any atom is 0.226 e. The van der Waals surface area contributed by atoms with Crippen molar-refractivity contribution in [3.05, 3.63) is 59.7 Å². The third-order valence-corrected chi connectivity index (χ3v) is 3.98. The third-order valence-electron chi connectivity index (χ3n) is 3.98. The maximum absolute atomic E-state index is 12.2. The number of amides is 1. The van der Waals surface area contributed by atoms with Gasteiger partial charge >= 0.3 is 0 Å². The van der Waals surface area contributed by atoms with E-state index in [1.165, 1.54) is 5.56 Å². The summed E-state index contributed by atoms with van der Waals surface area (Å²) in [5.41, 5.74) is 2.81. The van der Waals surface area contributed by atoms with E-state index in [2.05, 4.69) is 10.6 Å². The van der Waals surface area contributed by atoms with Gasteiger partial charge in [0, 0.05) is 12.5 Å². The highest BCUT2D eigenvalue weighted by molar-refractivity contribution is 5.92. The smallest absolute Gasteiger partial charge is 0.226 e. The fourth-order valence-electron chi connectivity index (χ4n) is 2.57. The lowest BCUT2D eigenvalue weighted by Gasteiger charge is -2.15. The van der Waals surface area contributed by atoms with Crippen molar-refractivity contribution in [2.24, 2.45) is 0 Å². The first-order valence-corrected chi connectivity index (χ1v) is 8.47. The molecule has 1 atom stereocenters. The summed E-state index contributed by atoms with van der Waals surface area (Å²) in [6.45, 7) is 2.86. The fourth-order valence-corrected chi connectivity index (χ4v) is 2.57. The van der Waals surface area contributed by atoms with Gasteiger partial charge in [0.2, 0.25) is 5.91 Å². The first kappa shape index (κ1) is 19.0. The quantitative estimate of drug-likeness (QED) is 0.655. The zero-order valence-corrected chi connectivity index (χ0v) is 14.8. The van der Waals surface area contributed by atoms with Crippen LogP contribution in [0.5, 0.6) is 5.75 Å². The topological polar surface area (TPSA) is 70.6 Å². The molecule has 2 rings (SSSR count). The van der Waals surface area contributed by atoms with Crippen LogP contribution in [-0.2, 0) is 17.8 Å². The number of hydrogen-bond acceptors (Lipinski definition) is 4. The van der Waals surface area contributed by atoms with Crippen LogP contribution in [0.25, 0.3) is 0 Å². The number of anilines is 1. The Hall–Kier alpha value is -2.37. The van der Waals surface area contributed by atoms with E-state index < -0.39 is 0 Å². The zero-order chi connectivity index (χ0) is 18.1. The van der Waals surface area contributed by atoms with E-state index in [0.29, 0.717) is 17.9 Å². The van der Waals surface area contributed by atoms with Gasteiger partial charge in [0.25, 0.3) is 0 Å². The summed E-state index contributed by atoms with van der Waals surface area (Å²) in [4.78, 5) is 12.2. The van der Waals surface area contributed by atoms with Gasteiger partial charge < -0.3 is 20.5 Å². The Bertz CT molecular complexity index is 671. The van der Waals surface area contributed by atoms with Gasteiger partial charge in [-0.3, -0.25) is 4.79 Å². The average molecular weight is 342 g/mol. The molecule has 0 aliphatic heterocycles. The molecule has 0 aliphatic carbocycles. The number of carbonyl (C=O) groups excluding carboxylic acids is 1. The molecular weight excluding hydrogens is 316 g/mol. The number of methoxy groups -OCH3 is 1. The molecule has 0 bridgehead atoms. The Morgan fingerprint density at radius 2 is 1.80 bits per heavy atom. The van der Waals surface area contributed by atoms with Crippen molar-refractivity contribution in [2.45, 2.75) is 32.4 Å². The van der Waals surface area contributed by atoms with Crippen LogP contribution in [0.3, 0.4) is 0 Å². The predicted octanol–water partition coefficient (Wildman–Crippen LogP) is 2.74. The standard InChI is InChI=1S/C20H26N2O3/c1-15(21-12-11-16-7-9-17(14-23)10-8-16)13-20(24)22-18-5-3-4-6-19(18)25-2/h3-10,15,21,23H,11-14H2,1-2H3,(H,22,24). The van der Waals surface area contributed by atoms with E-state index in [0.717, 1.165) is 18.5 Å². The van der Waals surface area contributed by atoms with E-state index in [4.69, 9.17) is 9.84 Å². The molecule has 2 aromatic rings. The second-order valence-electron chi connectivity index (χ2n) is 6.03. The molecule has 5 nitrogen and oxygen atoms in total. The molecular formula is C20H26N2O3. The minimum absolute atomic E-state index is 0.0446. The van der Waals surface area contributed by atoms with E-state index in [-0.39, 0.29) is 18.6 Å². The van der Waals surface area contributed by atoms with Crippen molar-refractivity contribution >= 4 is 11.6 Å². The number of hydrogen-bond donors (Lipinski definition) is 3. The lowest BCUT2D eigenvalue weighted by Crippen LogP contribution is -2.32. The molecule has 5 heteroatoms. The van der Waals surface area contributed by atoms with Crippen LogP contribution in [0.1, 0.15) is 24.5 Å². The van der Waals surface area contributed by atoms with Gasteiger partial charge in [0.05, 0.1) is 19.4 Å². The van der Waals surface area contributed by atoms with E-state index in [1.807, 2.05) is 55.5 Å². The third kappa shape index (κ3) is 6.21. The number of carbonyl (C=O) groups is 1. The van der Waals surface area contributed by atoms with E-state index in [1.54, 1.807) is 7.11 Å². The number of nitrogens with one attached hydrogen (secondary N) is 2. The minimum atomic E-state index is -0.0446. The lowest BCUT2D eigenvalue weighted by atomic mass is 10.1. The molecule has 0 aromatic heterocycles. The van der Waals surface area contributed by atoms with Gasteiger partial charge in [-0.2, -0.15) is 0 Å². The number of benzene rings is 2. The van der Waals surface area contributed by atoms with Gasteiger partial charge in [-0.15, -0.1) is 0 Å². The SMILES string of the molecule is COc1ccccc1NC(=O)CC(C)NCCc1ccc(CO)cc1. The van der Waals surface area contributed by atoms with Crippen molar-refractivity contribution < 1.29 is 14.6 Å². The predicted molar refractivity (Wildman–Crippen MR) is 99.8 cm³/mol. The maximum atomic E-state index is 12.2. The number of aliphatic hydroxyl groups is 1. The summed E-state index contributed by atoms with van der Waals surface area (Å²) >= 11 is 0. The molecule has 0 saturated carbocycles. The first-order valence-electron chi connectivity index (χ1n) is 8.47. The number of para-hydroxylation sites is 2. The Labute approximate surface area is 149 Å². The van der Waals surface area contributed by atoms with Crippen LogP contribution in [0.15, 0.2) is 48.5 Å². The largest absolute Gasteiger partial charge is 0.495 e. The molecule has 25 heavy (non-hydrogen) atoms. The van der Waals surface area contributed by atoms with Crippen molar-refractivity contribution in [1.29, 1.82) is 0 Å². The molecule has 0 spiro atoms. The lowest BCUT2D eigenvalue weighted by molar-refractivity contribution is -0.116. The zero-order valence-electron chi connectivity index (χ0n) is 14.8. The van der Waals surface area contributed by atoms with E-state index in [9.17, 15) is 4.79 Å². The molecule has 134 valence electrons. The number of rotatable bonds is 9. The molecule has 0 saturated heterocycles. The van der Waals surface area contributed by atoms with Crippen molar-refractivity contribution in [3.8, 4) is 5.75 Å². The molecule has 0 fully saturated rings. The average Bonchev–Trinajstić information content (AvgIpc) is 2.62. The highest BCUT2D eigenvalue weighted by Gasteiger charge is 2.11. The van der Waals surface area contributed by atoms with Crippen LogP contribution in [0.4, 0.5) is 5.69 Å². The monoisotopic (exact) mass is 342 g/mol. The summed E-state index contributed by atoms with van der Waals surface area (Å²) in [5, 5.41) is 15.3. The van der Waals surface area contributed by atoms with E-state index >= 15 is 0 Å². The second-order valence-corrected chi connectivity index (χ2v) is 6.03. The first-order chi connectivity index (χ1) is 12.1. The summed E-state index contributed by atoms with van der Waals surface area (Å²) in [6.07, 6.45) is 1.27. The number of aliphatic hydroxyl groups excluding tert-OH is 1. The molecule has 0 aliphatic rings. The van der Waals surface area contributed by atoms with Crippen molar-refractivity contribution in [1.82, 2.24) is 5.32 Å². The Kier molecular flexibility index (Phi) is 7.44.